The first-order chi connectivity index (χ1) is 10.1. The van der Waals surface area contributed by atoms with Gasteiger partial charge in [-0.15, -0.1) is 0 Å². The number of hydrogen-bond acceptors (Lipinski definition) is 3. The van der Waals surface area contributed by atoms with Crippen LogP contribution in [0.5, 0.6) is 0 Å². The molecule has 0 bridgehead atoms. The second kappa shape index (κ2) is 6.25. The van der Waals surface area contributed by atoms with Crippen LogP contribution in [0.25, 0.3) is 0 Å². The number of fused-ring (bicyclic) bond motifs is 1. The van der Waals surface area contributed by atoms with Crippen molar-refractivity contribution in [2.24, 2.45) is 5.92 Å². The number of carbonyl (C=O) groups excluding carboxylic acids is 1. The molecule has 21 heavy (non-hydrogen) atoms. The van der Waals surface area contributed by atoms with Crippen molar-refractivity contribution in [2.75, 3.05) is 13.1 Å². The van der Waals surface area contributed by atoms with Crippen molar-refractivity contribution in [1.82, 2.24) is 15.1 Å². The lowest BCUT2D eigenvalue weighted by atomic mass is 9.95. The topological polar surface area (TPSA) is 35.6 Å². The summed E-state index contributed by atoms with van der Waals surface area (Å²) in [5.41, 5.74) is 0. The zero-order valence-corrected chi connectivity index (χ0v) is 13.8. The van der Waals surface area contributed by atoms with E-state index in [-0.39, 0.29) is 12.2 Å². The van der Waals surface area contributed by atoms with Gasteiger partial charge in [0.25, 0.3) is 0 Å². The number of piperidine rings is 1. The predicted molar refractivity (Wildman–Crippen MR) is 84.9 cm³/mol. The molecule has 120 valence electrons. The Labute approximate surface area is 129 Å². The van der Waals surface area contributed by atoms with Crippen molar-refractivity contribution in [1.29, 1.82) is 0 Å². The van der Waals surface area contributed by atoms with Crippen LogP contribution in [0.15, 0.2) is 0 Å². The van der Waals surface area contributed by atoms with E-state index in [0.29, 0.717) is 17.9 Å². The number of carbonyl (C=O) groups is 1. The van der Waals surface area contributed by atoms with Gasteiger partial charge in [-0.1, -0.05) is 20.8 Å². The van der Waals surface area contributed by atoms with Crippen molar-refractivity contribution in [3.63, 3.8) is 0 Å². The highest BCUT2D eigenvalue weighted by atomic mass is 16.2. The van der Waals surface area contributed by atoms with E-state index in [4.69, 9.17) is 0 Å². The molecule has 3 aliphatic heterocycles. The first-order valence-corrected chi connectivity index (χ1v) is 8.92. The molecule has 0 aromatic rings. The van der Waals surface area contributed by atoms with Crippen LogP contribution in [-0.4, -0.2) is 53.1 Å². The molecule has 0 aromatic heterocycles. The summed E-state index contributed by atoms with van der Waals surface area (Å²) in [6, 6.07) is 1.25. The van der Waals surface area contributed by atoms with E-state index in [0.717, 1.165) is 25.3 Å². The third kappa shape index (κ3) is 2.98. The molecule has 3 heterocycles. The molecule has 4 nitrogen and oxygen atoms in total. The highest BCUT2D eigenvalue weighted by Crippen LogP contribution is 2.33. The average molecular weight is 293 g/mol. The largest absolute Gasteiger partial charge is 0.323 e. The van der Waals surface area contributed by atoms with Crippen molar-refractivity contribution >= 4 is 5.91 Å². The lowest BCUT2D eigenvalue weighted by Crippen LogP contribution is -2.52. The average Bonchev–Trinajstić information content (AvgIpc) is 3.02. The first-order valence-electron chi connectivity index (χ1n) is 8.92. The maximum Gasteiger partial charge on any atom is 0.241 e. The van der Waals surface area contributed by atoms with Crippen LogP contribution in [0.4, 0.5) is 0 Å². The van der Waals surface area contributed by atoms with E-state index in [2.05, 4.69) is 35.9 Å². The van der Waals surface area contributed by atoms with Crippen LogP contribution in [0.3, 0.4) is 0 Å². The minimum Gasteiger partial charge on any atom is -0.323 e. The van der Waals surface area contributed by atoms with Gasteiger partial charge in [0, 0.05) is 18.6 Å². The van der Waals surface area contributed by atoms with Gasteiger partial charge in [0.15, 0.2) is 0 Å². The van der Waals surface area contributed by atoms with Gasteiger partial charge in [-0.3, -0.25) is 10.1 Å². The molecule has 0 aliphatic carbocycles. The minimum absolute atomic E-state index is 0.0513. The van der Waals surface area contributed by atoms with Crippen LogP contribution in [0.1, 0.15) is 59.3 Å². The molecule has 1 N–H and O–H groups in total. The van der Waals surface area contributed by atoms with E-state index in [9.17, 15) is 4.79 Å². The summed E-state index contributed by atoms with van der Waals surface area (Å²) in [7, 11) is 0. The third-order valence-corrected chi connectivity index (χ3v) is 5.57. The molecule has 3 saturated heterocycles. The first kappa shape index (κ1) is 15.3. The number of nitrogens with zero attached hydrogens (tertiary/aromatic N) is 2. The molecule has 0 aromatic carbocycles. The Balaban J connectivity index is 1.72. The Morgan fingerprint density at radius 2 is 2.05 bits per heavy atom. The zero-order valence-electron chi connectivity index (χ0n) is 13.8. The fourth-order valence-electron chi connectivity index (χ4n) is 4.53. The summed E-state index contributed by atoms with van der Waals surface area (Å²) in [5, 5.41) is 3.59. The van der Waals surface area contributed by atoms with E-state index in [1.165, 1.54) is 32.4 Å². The fourth-order valence-corrected chi connectivity index (χ4v) is 4.53. The highest BCUT2D eigenvalue weighted by Gasteiger charge is 2.44. The van der Waals surface area contributed by atoms with Gasteiger partial charge >= 0.3 is 0 Å². The van der Waals surface area contributed by atoms with Gasteiger partial charge in [-0.2, -0.15) is 0 Å². The Morgan fingerprint density at radius 3 is 2.76 bits per heavy atom. The van der Waals surface area contributed by atoms with Crippen LogP contribution in [0, 0.1) is 5.92 Å². The second-order valence-electron chi connectivity index (χ2n) is 7.53. The van der Waals surface area contributed by atoms with Crippen LogP contribution in [-0.2, 0) is 4.79 Å². The summed E-state index contributed by atoms with van der Waals surface area (Å²) in [6.45, 7) is 9.08. The van der Waals surface area contributed by atoms with Gasteiger partial charge in [-0.25, -0.2) is 0 Å². The molecule has 4 heteroatoms. The van der Waals surface area contributed by atoms with E-state index >= 15 is 0 Å². The van der Waals surface area contributed by atoms with Gasteiger partial charge in [0.2, 0.25) is 5.91 Å². The van der Waals surface area contributed by atoms with E-state index in [1.807, 2.05) is 0 Å². The Bertz CT molecular complexity index is 384. The monoisotopic (exact) mass is 293 g/mol. The molecule has 0 radical (unpaired) electrons. The predicted octanol–water partition coefficient (Wildman–Crippen LogP) is 2.20. The molecule has 3 rings (SSSR count). The highest BCUT2D eigenvalue weighted by molar-refractivity contribution is 5.84. The molecule has 1 amide bonds. The molecule has 3 aliphatic rings. The summed E-state index contributed by atoms with van der Waals surface area (Å²) in [4.78, 5) is 17.6. The smallest absolute Gasteiger partial charge is 0.241 e. The van der Waals surface area contributed by atoms with Crippen LogP contribution in [0.2, 0.25) is 0 Å². The molecule has 3 fully saturated rings. The quantitative estimate of drug-likeness (QED) is 0.863. The maximum absolute atomic E-state index is 12.8. The molecular formula is C17H31N3O. The van der Waals surface area contributed by atoms with Crippen molar-refractivity contribution < 1.29 is 4.79 Å². The van der Waals surface area contributed by atoms with Gasteiger partial charge in [-0.05, 0) is 51.0 Å². The summed E-state index contributed by atoms with van der Waals surface area (Å²) >= 11 is 0. The van der Waals surface area contributed by atoms with Gasteiger partial charge in [0.1, 0.15) is 0 Å². The van der Waals surface area contributed by atoms with E-state index in [1.54, 1.807) is 0 Å². The minimum atomic E-state index is 0.0513. The summed E-state index contributed by atoms with van der Waals surface area (Å²) in [6.07, 6.45) is 7.28. The normalized spacial score (nSPS) is 37.5. The number of hydrogen-bond donors (Lipinski definition) is 1. The maximum atomic E-state index is 12.8. The van der Waals surface area contributed by atoms with Crippen molar-refractivity contribution in [3.05, 3.63) is 0 Å². The van der Waals surface area contributed by atoms with Gasteiger partial charge < -0.3 is 9.80 Å². The van der Waals surface area contributed by atoms with E-state index < -0.39 is 0 Å². The standard InChI is InChI=1S/C17H31N3O/c1-4-15-17(21)20(16(18-15)10-12(2)3)14-7-9-19-8-5-6-13(19)11-14/h12-16,18H,4-11H2,1-3H3. The molecule has 4 atom stereocenters. The molecule has 0 spiro atoms. The number of amides is 1. The summed E-state index contributed by atoms with van der Waals surface area (Å²) < 4.78 is 0. The SMILES string of the molecule is CCC1NC(CC(C)C)N(C2CCN3CCCC3C2)C1=O. The lowest BCUT2D eigenvalue weighted by Gasteiger charge is -2.41. The Hall–Kier alpha value is -0.610. The van der Waals surface area contributed by atoms with Crippen LogP contribution < -0.4 is 5.32 Å². The number of rotatable bonds is 4. The summed E-state index contributed by atoms with van der Waals surface area (Å²) in [5.74, 6) is 0.986. The Morgan fingerprint density at radius 1 is 1.24 bits per heavy atom. The number of nitrogens with one attached hydrogen (secondary N) is 1. The molecule has 4 unspecified atom stereocenters. The molecular weight excluding hydrogens is 262 g/mol. The van der Waals surface area contributed by atoms with Crippen molar-refractivity contribution in [2.45, 2.75) is 83.6 Å². The van der Waals surface area contributed by atoms with Crippen LogP contribution >= 0.6 is 0 Å². The van der Waals surface area contributed by atoms with Crippen molar-refractivity contribution in [3.8, 4) is 0 Å². The lowest BCUT2D eigenvalue weighted by molar-refractivity contribution is -0.133. The Kier molecular flexibility index (Phi) is 4.55. The third-order valence-electron chi connectivity index (χ3n) is 5.57. The zero-order chi connectivity index (χ0) is 15.0. The molecule has 0 saturated carbocycles. The van der Waals surface area contributed by atoms with Gasteiger partial charge in [0.05, 0.1) is 12.2 Å². The fraction of sp³-hybridized carbons (Fsp3) is 0.941. The second-order valence-corrected chi connectivity index (χ2v) is 7.53.